The lowest BCUT2D eigenvalue weighted by Gasteiger charge is -2.20. The highest BCUT2D eigenvalue weighted by molar-refractivity contribution is 9.10. The van der Waals surface area contributed by atoms with Crippen LogP contribution in [-0.2, 0) is 4.79 Å². The molecule has 1 unspecified atom stereocenters. The third kappa shape index (κ3) is 3.98. The first kappa shape index (κ1) is 16.3. The minimum absolute atomic E-state index is 0.0869. The molecular weight excluding hydrogens is 334 g/mol. The molecule has 2 rings (SSSR count). The second-order valence-electron chi connectivity index (χ2n) is 5.65. The Morgan fingerprint density at radius 2 is 2.14 bits per heavy atom. The van der Waals surface area contributed by atoms with Crippen molar-refractivity contribution < 1.29 is 14.6 Å². The minimum Gasteiger partial charge on any atom is -0.495 e. The minimum atomic E-state index is -0.811. The fourth-order valence-electron chi connectivity index (χ4n) is 3.05. The number of ether oxygens (including phenoxy) is 1. The topological polar surface area (TPSA) is 72.5 Å². The fraction of sp³-hybridized carbons (Fsp3) is 0.562. The zero-order chi connectivity index (χ0) is 15.4. The zero-order valence-electron chi connectivity index (χ0n) is 12.3. The summed E-state index contributed by atoms with van der Waals surface area (Å²) in [4.78, 5) is 10.7. The van der Waals surface area contributed by atoms with Crippen molar-refractivity contribution in [2.45, 2.75) is 50.5 Å². The number of carboxylic acids is 1. The normalized spacial score (nSPS) is 16.9. The van der Waals surface area contributed by atoms with Gasteiger partial charge in [-0.25, -0.2) is 0 Å². The van der Waals surface area contributed by atoms with Crippen molar-refractivity contribution in [2.75, 3.05) is 7.11 Å². The molecule has 1 atom stereocenters. The standard InChI is InChI=1S/C16H22BrNO3/c1-21-16-12(10-4-2-3-5-10)8-11(9-13(16)17)14(18)6-7-15(19)20/h8-10,14H,2-7,18H2,1H3,(H,19,20). The van der Waals surface area contributed by atoms with E-state index in [0.717, 1.165) is 15.8 Å². The van der Waals surface area contributed by atoms with E-state index in [4.69, 9.17) is 15.6 Å². The van der Waals surface area contributed by atoms with Crippen molar-refractivity contribution in [3.8, 4) is 5.75 Å². The van der Waals surface area contributed by atoms with Gasteiger partial charge in [-0.1, -0.05) is 18.9 Å². The summed E-state index contributed by atoms with van der Waals surface area (Å²) in [5.74, 6) is 0.591. The lowest BCUT2D eigenvalue weighted by atomic mass is 9.92. The monoisotopic (exact) mass is 355 g/mol. The molecule has 0 heterocycles. The van der Waals surface area contributed by atoms with Gasteiger partial charge >= 0.3 is 5.97 Å². The molecule has 0 radical (unpaired) electrons. The van der Waals surface area contributed by atoms with Gasteiger partial charge in [0.05, 0.1) is 11.6 Å². The molecule has 1 aromatic rings. The lowest BCUT2D eigenvalue weighted by molar-refractivity contribution is -0.137. The molecule has 21 heavy (non-hydrogen) atoms. The summed E-state index contributed by atoms with van der Waals surface area (Å²) in [5, 5.41) is 8.79. The average molecular weight is 356 g/mol. The number of nitrogens with two attached hydrogens (primary N) is 1. The first-order chi connectivity index (χ1) is 10.0. The van der Waals surface area contributed by atoms with Gasteiger partial charge in [-0.3, -0.25) is 4.79 Å². The van der Waals surface area contributed by atoms with E-state index < -0.39 is 5.97 Å². The van der Waals surface area contributed by atoms with Crippen LogP contribution in [0.4, 0.5) is 0 Å². The molecule has 3 N–H and O–H groups in total. The van der Waals surface area contributed by atoms with Crippen molar-refractivity contribution >= 4 is 21.9 Å². The number of carboxylic acid groups (broad SMARTS) is 1. The van der Waals surface area contributed by atoms with E-state index in [1.54, 1.807) is 7.11 Å². The van der Waals surface area contributed by atoms with Gasteiger partial charge in [-0.05, 0) is 58.3 Å². The van der Waals surface area contributed by atoms with Crippen LogP contribution in [0.3, 0.4) is 0 Å². The first-order valence-corrected chi connectivity index (χ1v) is 8.17. The molecule has 116 valence electrons. The molecule has 0 aliphatic heterocycles. The number of aliphatic carboxylic acids is 1. The first-order valence-electron chi connectivity index (χ1n) is 7.37. The molecule has 1 aliphatic rings. The molecule has 1 fully saturated rings. The molecule has 0 amide bonds. The van der Waals surface area contributed by atoms with Crippen LogP contribution in [0.5, 0.6) is 5.75 Å². The Bertz CT molecular complexity index is 512. The molecule has 1 aromatic carbocycles. The van der Waals surface area contributed by atoms with E-state index in [9.17, 15) is 4.79 Å². The molecule has 0 aromatic heterocycles. The number of carbonyl (C=O) groups is 1. The quantitative estimate of drug-likeness (QED) is 0.809. The highest BCUT2D eigenvalue weighted by Gasteiger charge is 2.23. The van der Waals surface area contributed by atoms with Gasteiger partial charge in [0, 0.05) is 12.5 Å². The third-order valence-corrected chi connectivity index (χ3v) is 4.78. The number of hydrogen-bond donors (Lipinski definition) is 2. The maximum absolute atomic E-state index is 10.7. The van der Waals surface area contributed by atoms with Crippen LogP contribution in [0.2, 0.25) is 0 Å². The number of rotatable bonds is 6. The maximum atomic E-state index is 10.7. The highest BCUT2D eigenvalue weighted by Crippen LogP contribution is 2.43. The van der Waals surface area contributed by atoms with Crippen LogP contribution >= 0.6 is 15.9 Å². The van der Waals surface area contributed by atoms with Gasteiger partial charge in [-0.15, -0.1) is 0 Å². The molecular formula is C16H22BrNO3. The fourth-order valence-corrected chi connectivity index (χ4v) is 3.71. The lowest BCUT2D eigenvalue weighted by Crippen LogP contribution is -2.13. The van der Waals surface area contributed by atoms with Crippen LogP contribution in [0.25, 0.3) is 0 Å². The Labute approximate surface area is 133 Å². The Morgan fingerprint density at radius 1 is 1.48 bits per heavy atom. The largest absolute Gasteiger partial charge is 0.495 e. The summed E-state index contributed by atoms with van der Waals surface area (Å²) in [6, 6.07) is 3.79. The highest BCUT2D eigenvalue weighted by atomic mass is 79.9. The Morgan fingerprint density at radius 3 is 2.71 bits per heavy atom. The van der Waals surface area contributed by atoms with Crippen molar-refractivity contribution in [1.29, 1.82) is 0 Å². The maximum Gasteiger partial charge on any atom is 0.303 e. The summed E-state index contributed by atoms with van der Waals surface area (Å²) in [5.41, 5.74) is 8.32. The van der Waals surface area contributed by atoms with E-state index in [1.807, 2.05) is 6.07 Å². The molecule has 0 bridgehead atoms. The van der Waals surface area contributed by atoms with E-state index in [0.29, 0.717) is 12.3 Å². The zero-order valence-corrected chi connectivity index (χ0v) is 13.9. The summed E-state index contributed by atoms with van der Waals surface area (Å²) in [7, 11) is 1.68. The smallest absolute Gasteiger partial charge is 0.303 e. The van der Waals surface area contributed by atoms with Crippen LogP contribution in [0.15, 0.2) is 16.6 Å². The van der Waals surface area contributed by atoms with E-state index >= 15 is 0 Å². The SMILES string of the molecule is COc1c(Br)cc(C(N)CCC(=O)O)cc1C1CCCC1. The number of methoxy groups -OCH3 is 1. The van der Waals surface area contributed by atoms with Gasteiger partial charge in [0.1, 0.15) is 5.75 Å². The van der Waals surface area contributed by atoms with Crippen molar-refractivity contribution in [3.63, 3.8) is 0 Å². The van der Waals surface area contributed by atoms with Crippen LogP contribution < -0.4 is 10.5 Å². The van der Waals surface area contributed by atoms with Gasteiger partial charge < -0.3 is 15.6 Å². The van der Waals surface area contributed by atoms with Crippen LogP contribution in [-0.4, -0.2) is 18.2 Å². The summed E-state index contributed by atoms with van der Waals surface area (Å²) >= 11 is 3.56. The Hall–Kier alpha value is -1.07. The summed E-state index contributed by atoms with van der Waals surface area (Å²) < 4.78 is 6.44. The predicted molar refractivity (Wildman–Crippen MR) is 85.7 cm³/mol. The molecule has 4 nitrogen and oxygen atoms in total. The van der Waals surface area contributed by atoms with E-state index in [1.165, 1.54) is 31.2 Å². The molecule has 0 spiro atoms. The third-order valence-electron chi connectivity index (χ3n) is 4.19. The van der Waals surface area contributed by atoms with Crippen LogP contribution in [0, 0.1) is 0 Å². The van der Waals surface area contributed by atoms with E-state index in [-0.39, 0.29) is 12.5 Å². The Kier molecular flexibility index (Phi) is 5.65. The van der Waals surface area contributed by atoms with Crippen molar-refractivity contribution in [2.24, 2.45) is 5.73 Å². The van der Waals surface area contributed by atoms with Gasteiger partial charge in [-0.2, -0.15) is 0 Å². The number of benzene rings is 1. The predicted octanol–water partition coefficient (Wildman–Crippen LogP) is 3.98. The second-order valence-corrected chi connectivity index (χ2v) is 6.50. The number of halogens is 1. The van der Waals surface area contributed by atoms with Crippen molar-refractivity contribution in [3.05, 3.63) is 27.7 Å². The molecule has 1 saturated carbocycles. The van der Waals surface area contributed by atoms with E-state index in [2.05, 4.69) is 22.0 Å². The summed E-state index contributed by atoms with van der Waals surface area (Å²) in [6.07, 6.45) is 5.39. The van der Waals surface area contributed by atoms with Crippen molar-refractivity contribution in [1.82, 2.24) is 0 Å². The van der Waals surface area contributed by atoms with Crippen LogP contribution in [0.1, 0.15) is 61.6 Å². The van der Waals surface area contributed by atoms with Gasteiger partial charge in [0.15, 0.2) is 0 Å². The molecule has 1 aliphatic carbocycles. The Balaban J connectivity index is 2.28. The van der Waals surface area contributed by atoms with Gasteiger partial charge in [0.2, 0.25) is 0 Å². The molecule has 5 heteroatoms. The summed E-state index contributed by atoms with van der Waals surface area (Å²) in [6.45, 7) is 0. The number of hydrogen-bond acceptors (Lipinski definition) is 3. The second kappa shape index (κ2) is 7.27. The average Bonchev–Trinajstić information content (AvgIpc) is 2.97. The molecule has 0 saturated heterocycles. The van der Waals surface area contributed by atoms with Gasteiger partial charge in [0.25, 0.3) is 0 Å².